The highest BCUT2D eigenvalue weighted by molar-refractivity contribution is 6.33. The van der Waals surface area contributed by atoms with Crippen molar-refractivity contribution in [3.05, 3.63) is 89.5 Å². The van der Waals surface area contributed by atoms with Gasteiger partial charge in [0.05, 0.1) is 31.3 Å². The summed E-state index contributed by atoms with van der Waals surface area (Å²) >= 11 is 6.44. The molecule has 0 radical (unpaired) electrons. The molecular formula is C24H20ClFN2O2. The molecule has 0 atom stereocenters. The molecule has 1 aromatic heterocycles. The molecule has 0 aliphatic carbocycles. The fourth-order valence-corrected chi connectivity index (χ4v) is 3.73. The Morgan fingerprint density at radius 2 is 1.77 bits per heavy atom. The molecule has 0 bridgehead atoms. The number of rotatable bonds is 6. The topological polar surface area (TPSA) is 36.3 Å². The highest BCUT2D eigenvalue weighted by Gasteiger charge is 2.20. The molecule has 0 saturated carbocycles. The summed E-state index contributed by atoms with van der Waals surface area (Å²) in [5.41, 5.74) is 4.06. The fourth-order valence-electron chi connectivity index (χ4n) is 3.47. The third-order valence-electron chi connectivity index (χ3n) is 4.87. The Labute approximate surface area is 179 Å². The van der Waals surface area contributed by atoms with E-state index in [9.17, 15) is 4.39 Å². The van der Waals surface area contributed by atoms with Crippen molar-refractivity contribution in [2.75, 3.05) is 14.2 Å². The van der Waals surface area contributed by atoms with Gasteiger partial charge in [0.2, 0.25) is 0 Å². The number of aromatic nitrogens is 2. The Kier molecular flexibility index (Phi) is 5.72. The Morgan fingerprint density at radius 1 is 0.933 bits per heavy atom. The van der Waals surface area contributed by atoms with Gasteiger partial charge in [0, 0.05) is 17.7 Å². The first-order chi connectivity index (χ1) is 14.6. The summed E-state index contributed by atoms with van der Waals surface area (Å²) in [6.07, 6.45) is 1.76. The molecular weight excluding hydrogens is 403 g/mol. The number of benzene rings is 3. The van der Waals surface area contributed by atoms with Crippen LogP contribution in [-0.4, -0.2) is 23.8 Å². The molecule has 0 spiro atoms. The van der Waals surface area contributed by atoms with E-state index in [1.54, 1.807) is 26.6 Å². The Bertz CT molecular complexity index is 1190. The standard InChI is InChI=1S/C24H20ClFN2O2/c1-29-18-7-5-6-16(12-18)14-28-15-27-23(20-8-3-4-9-22(20)30-2)24(28)19-11-10-17(26)13-21(19)25/h3-13,15H,14H2,1-2H3. The maximum absolute atomic E-state index is 13.7. The maximum Gasteiger partial charge on any atom is 0.128 e. The quantitative estimate of drug-likeness (QED) is 0.378. The lowest BCUT2D eigenvalue weighted by molar-refractivity contribution is 0.414. The van der Waals surface area contributed by atoms with Crippen LogP contribution in [0.3, 0.4) is 0 Å². The molecule has 0 aliphatic heterocycles. The number of halogens is 2. The van der Waals surface area contributed by atoms with Crippen LogP contribution in [0.1, 0.15) is 5.56 Å². The number of para-hydroxylation sites is 1. The van der Waals surface area contributed by atoms with Gasteiger partial charge in [0.1, 0.15) is 23.0 Å². The molecule has 4 nitrogen and oxygen atoms in total. The van der Waals surface area contributed by atoms with E-state index in [4.69, 9.17) is 21.1 Å². The zero-order valence-corrected chi connectivity index (χ0v) is 17.4. The van der Waals surface area contributed by atoms with Crippen LogP contribution < -0.4 is 9.47 Å². The van der Waals surface area contributed by atoms with Crippen molar-refractivity contribution in [1.29, 1.82) is 0 Å². The van der Waals surface area contributed by atoms with Crippen molar-refractivity contribution in [3.8, 4) is 34.0 Å². The summed E-state index contributed by atoms with van der Waals surface area (Å²) in [5.74, 6) is 1.09. The monoisotopic (exact) mass is 422 g/mol. The number of nitrogens with zero attached hydrogens (tertiary/aromatic N) is 2. The third kappa shape index (κ3) is 3.89. The minimum Gasteiger partial charge on any atom is -0.497 e. The second-order valence-electron chi connectivity index (χ2n) is 6.75. The van der Waals surface area contributed by atoms with Crippen molar-refractivity contribution in [2.24, 2.45) is 0 Å². The number of imidazole rings is 1. The van der Waals surface area contributed by atoms with E-state index in [-0.39, 0.29) is 5.82 Å². The normalized spacial score (nSPS) is 10.8. The minimum atomic E-state index is -0.388. The van der Waals surface area contributed by atoms with Crippen molar-refractivity contribution in [2.45, 2.75) is 6.54 Å². The van der Waals surface area contributed by atoms with Gasteiger partial charge in [0.25, 0.3) is 0 Å². The number of hydrogen-bond donors (Lipinski definition) is 0. The molecule has 1 heterocycles. The first-order valence-corrected chi connectivity index (χ1v) is 9.75. The lowest BCUT2D eigenvalue weighted by Crippen LogP contribution is -2.02. The molecule has 152 valence electrons. The van der Waals surface area contributed by atoms with Gasteiger partial charge in [-0.1, -0.05) is 35.9 Å². The second kappa shape index (κ2) is 8.59. The third-order valence-corrected chi connectivity index (χ3v) is 5.19. The molecule has 0 unspecified atom stereocenters. The van der Waals surface area contributed by atoms with Crippen LogP contribution in [-0.2, 0) is 6.54 Å². The molecule has 0 saturated heterocycles. The first kappa shape index (κ1) is 20.0. The Morgan fingerprint density at radius 3 is 2.53 bits per heavy atom. The van der Waals surface area contributed by atoms with Crippen molar-refractivity contribution in [3.63, 3.8) is 0 Å². The lowest BCUT2D eigenvalue weighted by Gasteiger charge is -2.14. The highest BCUT2D eigenvalue weighted by Crippen LogP contribution is 2.39. The largest absolute Gasteiger partial charge is 0.497 e. The molecule has 0 aliphatic rings. The zero-order chi connectivity index (χ0) is 21.1. The summed E-state index contributed by atoms with van der Waals surface area (Å²) in [6, 6.07) is 19.9. The average molecular weight is 423 g/mol. The van der Waals surface area contributed by atoms with Gasteiger partial charge in [-0.05, 0) is 48.0 Å². The van der Waals surface area contributed by atoms with Crippen molar-refractivity contribution < 1.29 is 13.9 Å². The summed E-state index contributed by atoms with van der Waals surface area (Å²) in [6.45, 7) is 0.544. The SMILES string of the molecule is COc1cccc(Cn2cnc(-c3ccccc3OC)c2-c2ccc(F)cc2Cl)c1. The number of hydrogen-bond acceptors (Lipinski definition) is 3. The van der Waals surface area contributed by atoms with Gasteiger partial charge >= 0.3 is 0 Å². The van der Waals surface area contributed by atoms with E-state index in [0.29, 0.717) is 28.6 Å². The van der Waals surface area contributed by atoms with Crippen LogP contribution >= 0.6 is 11.6 Å². The van der Waals surface area contributed by atoms with E-state index >= 15 is 0 Å². The summed E-state index contributed by atoms with van der Waals surface area (Å²) in [4.78, 5) is 4.67. The lowest BCUT2D eigenvalue weighted by atomic mass is 10.0. The van der Waals surface area contributed by atoms with Gasteiger partial charge in [-0.25, -0.2) is 9.37 Å². The van der Waals surface area contributed by atoms with E-state index in [1.165, 1.54) is 12.1 Å². The predicted molar refractivity (Wildman–Crippen MR) is 117 cm³/mol. The minimum absolute atomic E-state index is 0.318. The Balaban J connectivity index is 1.89. The van der Waals surface area contributed by atoms with Crippen LogP contribution in [0.25, 0.3) is 22.5 Å². The zero-order valence-electron chi connectivity index (χ0n) is 16.6. The summed E-state index contributed by atoms with van der Waals surface area (Å²) < 4.78 is 26.6. The molecule has 6 heteroatoms. The van der Waals surface area contributed by atoms with Crippen molar-refractivity contribution >= 4 is 11.6 Å². The molecule has 0 fully saturated rings. The molecule has 4 aromatic rings. The average Bonchev–Trinajstić information content (AvgIpc) is 3.16. The van der Waals surface area contributed by atoms with Crippen LogP contribution in [0.4, 0.5) is 4.39 Å². The van der Waals surface area contributed by atoms with E-state index in [2.05, 4.69) is 4.98 Å². The van der Waals surface area contributed by atoms with Crippen LogP contribution in [0.15, 0.2) is 73.1 Å². The molecule has 4 rings (SSSR count). The second-order valence-corrected chi connectivity index (χ2v) is 7.15. The van der Waals surface area contributed by atoms with Gasteiger partial charge in [0.15, 0.2) is 0 Å². The van der Waals surface area contributed by atoms with E-state index < -0.39 is 0 Å². The Hall–Kier alpha value is -3.31. The van der Waals surface area contributed by atoms with Crippen LogP contribution in [0.5, 0.6) is 11.5 Å². The smallest absolute Gasteiger partial charge is 0.128 e. The highest BCUT2D eigenvalue weighted by atomic mass is 35.5. The van der Waals surface area contributed by atoms with Crippen LogP contribution in [0, 0.1) is 5.82 Å². The van der Waals surface area contributed by atoms with Gasteiger partial charge in [-0.3, -0.25) is 0 Å². The van der Waals surface area contributed by atoms with E-state index in [1.807, 2.05) is 53.1 Å². The van der Waals surface area contributed by atoms with Gasteiger partial charge in [-0.15, -0.1) is 0 Å². The molecule has 30 heavy (non-hydrogen) atoms. The summed E-state index contributed by atoms with van der Waals surface area (Å²) in [7, 11) is 3.26. The summed E-state index contributed by atoms with van der Waals surface area (Å²) in [5, 5.41) is 0.318. The molecule has 3 aromatic carbocycles. The molecule has 0 N–H and O–H groups in total. The predicted octanol–water partition coefficient (Wildman–Crippen LogP) is 6.08. The fraction of sp³-hybridized carbons (Fsp3) is 0.125. The number of ether oxygens (including phenoxy) is 2. The van der Waals surface area contributed by atoms with Gasteiger partial charge in [-0.2, -0.15) is 0 Å². The first-order valence-electron chi connectivity index (χ1n) is 9.37. The van der Waals surface area contributed by atoms with E-state index in [0.717, 1.165) is 22.6 Å². The van der Waals surface area contributed by atoms with Crippen LogP contribution in [0.2, 0.25) is 5.02 Å². The maximum atomic E-state index is 13.7. The van der Waals surface area contributed by atoms with Crippen molar-refractivity contribution in [1.82, 2.24) is 9.55 Å². The van der Waals surface area contributed by atoms with Gasteiger partial charge < -0.3 is 14.0 Å². The molecule has 0 amide bonds. The number of methoxy groups -OCH3 is 2.